The van der Waals surface area contributed by atoms with Gasteiger partial charge >= 0.3 is 0 Å². The number of hydrogen-bond acceptors (Lipinski definition) is 11. The largest absolute Gasteiger partial charge is 0.349 e. The van der Waals surface area contributed by atoms with Gasteiger partial charge in [-0.05, 0) is 87.2 Å². The summed E-state index contributed by atoms with van der Waals surface area (Å²) in [6, 6.07) is 23.7. The van der Waals surface area contributed by atoms with Crippen LogP contribution in [0.3, 0.4) is 0 Å². The second-order valence-corrected chi connectivity index (χ2v) is 14.9. The molecule has 0 amide bonds. The van der Waals surface area contributed by atoms with Crippen molar-refractivity contribution in [2.24, 2.45) is 30.0 Å². The molecule has 0 spiro atoms. The van der Waals surface area contributed by atoms with Crippen LogP contribution in [-0.2, 0) is 13.0 Å². The van der Waals surface area contributed by atoms with Crippen LogP contribution in [0.1, 0.15) is 58.7 Å². The lowest BCUT2D eigenvalue weighted by atomic mass is 10.1. The van der Waals surface area contributed by atoms with Crippen LogP contribution < -0.4 is 31.9 Å². The van der Waals surface area contributed by atoms with E-state index in [-0.39, 0.29) is 25.9 Å². The maximum Gasteiger partial charge on any atom is 0.204 e. The van der Waals surface area contributed by atoms with Gasteiger partial charge in [0.2, 0.25) is 23.8 Å². The van der Waals surface area contributed by atoms with Crippen LogP contribution in [-0.4, -0.2) is 118 Å². The number of halogens is 2. The maximum atomic E-state index is 5.86. The predicted octanol–water partition coefficient (Wildman–Crippen LogP) is 6.64. The number of nitrogens with zero attached hydrogens (tertiary/aromatic N) is 9. The number of hydrogen-bond donors (Lipinski definition) is 6. The van der Waals surface area contributed by atoms with Gasteiger partial charge in [-0.2, -0.15) is 0 Å². The Bertz CT molecular complexity index is 1940. The summed E-state index contributed by atoms with van der Waals surface area (Å²) in [5.74, 6) is 4.67. The van der Waals surface area contributed by atoms with E-state index in [0.717, 1.165) is 63.5 Å². The summed E-state index contributed by atoms with van der Waals surface area (Å²) in [7, 11) is 11.7. The first kappa shape index (κ1) is 50.6. The van der Waals surface area contributed by atoms with Gasteiger partial charge < -0.3 is 30.7 Å². The van der Waals surface area contributed by atoms with E-state index in [1.54, 1.807) is 0 Å². The first-order chi connectivity index (χ1) is 28.1. The van der Waals surface area contributed by atoms with Crippen molar-refractivity contribution in [3.63, 3.8) is 0 Å². The lowest BCUT2D eigenvalue weighted by molar-refractivity contribution is 0.559. The van der Waals surface area contributed by atoms with E-state index < -0.39 is 0 Å². The summed E-state index contributed by atoms with van der Waals surface area (Å²) in [4.78, 5) is 32.5. The molecule has 60 heavy (non-hydrogen) atoms. The predicted molar refractivity (Wildman–Crippen MR) is 258 cm³/mol. The standard InChI is InChI=1S/C14H20ClN5.C13H18ClN5.C13H19N5.C2H6.CH4/c1-10-17-13(19-14(18-10)20(2)3)16-9-8-11-4-6-12(15)7-5-11;1-9-16-12(18-13(17-9)19(2)3)15-8-10-4-6-11(14)7-5-10;1-9-6-5-7-11(8-9)16-12-14-10(2)15-13(17-12)18(3)4;1-2;/h4-7,10H,8-9H2,1-3H3,(H2,16,17,18,19);4-7,9H,8H2,1-3H3,(H2,15,16,17,18);5-8,10H,1-4H3,(H2,14,15,16,17);1-2H3;1H4. The van der Waals surface area contributed by atoms with E-state index in [4.69, 9.17) is 23.2 Å². The second kappa shape index (κ2) is 25.8. The highest BCUT2D eigenvalue weighted by molar-refractivity contribution is 6.30. The molecule has 3 atom stereocenters. The van der Waals surface area contributed by atoms with Crippen molar-refractivity contribution >= 4 is 64.6 Å². The molecule has 3 aromatic rings. The quantitative estimate of drug-likeness (QED) is 0.160. The molecule has 3 aliphatic heterocycles. The Hall–Kier alpha value is -5.54. The molecule has 17 heteroatoms. The third-order valence-electron chi connectivity index (χ3n) is 8.11. The number of guanidine groups is 6. The van der Waals surface area contributed by atoms with Crippen molar-refractivity contribution in [3.8, 4) is 0 Å². The van der Waals surface area contributed by atoms with Gasteiger partial charge in [0.1, 0.15) is 18.5 Å². The second-order valence-electron chi connectivity index (χ2n) is 14.1. The molecule has 6 N–H and O–H groups in total. The van der Waals surface area contributed by atoms with Gasteiger partial charge in [-0.15, -0.1) is 0 Å². The summed E-state index contributed by atoms with van der Waals surface area (Å²) in [5.41, 5.74) is 4.57. The molecule has 3 unspecified atom stereocenters. The fourth-order valence-corrected chi connectivity index (χ4v) is 5.47. The Morgan fingerprint density at radius 2 is 1.12 bits per heavy atom. The monoisotopic (exact) mass is 864 g/mol. The average molecular weight is 865 g/mol. The zero-order valence-electron chi connectivity index (χ0n) is 36.6. The van der Waals surface area contributed by atoms with Crippen LogP contribution in [0.25, 0.3) is 0 Å². The average Bonchev–Trinajstić information content (AvgIpc) is 3.19. The van der Waals surface area contributed by atoms with Gasteiger partial charge in [-0.1, -0.05) is 80.9 Å². The molecule has 328 valence electrons. The molecule has 3 aliphatic rings. The van der Waals surface area contributed by atoms with E-state index in [1.165, 1.54) is 11.1 Å². The number of anilines is 1. The molecule has 15 nitrogen and oxygen atoms in total. The summed E-state index contributed by atoms with van der Waals surface area (Å²) >= 11 is 11.7. The van der Waals surface area contributed by atoms with Gasteiger partial charge in [-0.3, -0.25) is 20.9 Å². The minimum Gasteiger partial charge on any atom is -0.349 e. The lowest BCUT2D eigenvalue weighted by Crippen LogP contribution is -2.53. The highest BCUT2D eigenvalue weighted by Crippen LogP contribution is 2.12. The number of benzene rings is 3. The summed E-state index contributed by atoms with van der Waals surface area (Å²) in [6.45, 7) is 13.3. The number of aliphatic imine (C=N–C) groups is 6. The molecule has 0 radical (unpaired) electrons. The molecule has 0 saturated heterocycles. The molecule has 0 aromatic heterocycles. The first-order valence-corrected chi connectivity index (χ1v) is 20.5. The van der Waals surface area contributed by atoms with Gasteiger partial charge in [-0.25, -0.2) is 25.0 Å². The number of aryl methyl sites for hydroxylation is 1. The van der Waals surface area contributed by atoms with Crippen molar-refractivity contribution in [2.75, 3.05) is 54.1 Å². The highest BCUT2D eigenvalue weighted by atomic mass is 35.5. The molecule has 6 rings (SSSR count). The van der Waals surface area contributed by atoms with Crippen LogP contribution in [0.5, 0.6) is 0 Å². The summed E-state index contributed by atoms with van der Waals surface area (Å²) in [5, 5.41) is 20.6. The zero-order chi connectivity index (χ0) is 43.5. The van der Waals surface area contributed by atoms with Gasteiger partial charge in [0.15, 0.2) is 11.9 Å². The number of nitrogens with one attached hydrogen (secondary N) is 6. The van der Waals surface area contributed by atoms with E-state index >= 15 is 0 Å². The molecular formula is C43H67Cl2N15. The van der Waals surface area contributed by atoms with Crippen LogP contribution in [0, 0.1) is 6.92 Å². The van der Waals surface area contributed by atoms with Crippen molar-refractivity contribution in [1.29, 1.82) is 0 Å². The Labute approximate surface area is 368 Å². The first-order valence-electron chi connectivity index (χ1n) is 19.7. The maximum absolute atomic E-state index is 5.86. The van der Waals surface area contributed by atoms with Gasteiger partial charge in [0, 0.05) is 64.6 Å². The summed E-state index contributed by atoms with van der Waals surface area (Å²) < 4.78 is 0. The third-order valence-corrected chi connectivity index (χ3v) is 8.61. The highest BCUT2D eigenvalue weighted by Gasteiger charge is 2.17. The fourth-order valence-electron chi connectivity index (χ4n) is 5.22. The topological polar surface area (TPSA) is 156 Å². The Balaban J connectivity index is 0.000000301. The molecule has 3 aromatic carbocycles. The fraction of sp³-hybridized carbons (Fsp3) is 0.442. The van der Waals surface area contributed by atoms with Crippen molar-refractivity contribution in [1.82, 2.24) is 41.3 Å². The molecule has 0 aliphatic carbocycles. The van der Waals surface area contributed by atoms with Crippen LogP contribution in [0.4, 0.5) is 5.69 Å². The number of rotatable bonds is 6. The molecular weight excluding hydrogens is 797 g/mol. The van der Waals surface area contributed by atoms with Gasteiger partial charge in [0.25, 0.3) is 0 Å². The molecule has 0 fully saturated rings. The van der Waals surface area contributed by atoms with Crippen molar-refractivity contribution < 1.29 is 0 Å². The van der Waals surface area contributed by atoms with Crippen molar-refractivity contribution in [3.05, 3.63) is 99.5 Å². The normalized spacial score (nSPS) is 18.9. The molecule has 0 saturated carbocycles. The van der Waals surface area contributed by atoms with E-state index in [2.05, 4.69) is 80.9 Å². The zero-order valence-corrected chi connectivity index (χ0v) is 38.1. The van der Waals surface area contributed by atoms with Gasteiger partial charge in [0.05, 0.1) is 6.54 Å². The SMILES string of the molecule is C.CC.CC1N=C(N(C)C)NC(=NCCc2ccc(Cl)cc2)N1.CC1N=C(N(C)C)NC(=NCc2ccc(Cl)cc2)N1.Cc1cccc(NC2=NC(C)N=C(N(C)C)N2)c1. The Morgan fingerprint density at radius 3 is 1.62 bits per heavy atom. The van der Waals surface area contributed by atoms with Crippen molar-refractivity contribution in [2.45, 2.75) is 80.4 Å². The third kappa shape index (κ3) is 18.2. The lowest BCUT2D eigenvalue weighted by Gasteiger charge is -2.26. The van der Waals surface area contributed by atoms with Crippen LogP contribution >= 0.6 is 23.2 Å². The smallest absolute Gasteiger partial charge is 0.204 e. The molecule has 3 heterocycles. The van der Waals surface area contributed by atoms with E-state index in [0.29, 0.717) is 13.1 Å². The minimum atomic E-state index is -0.0732. The van der Waals surface area contributed by atoms with E-state index in [1.807, 2.05) is 152 Å². The van der Waals surface area contributed by atoms with Crippen LogP contribution in [0.15, 0.2) is 103 Å². The minimum absolute atomic E-state index is 0. The molecule has 0 bridgehead atoms. The Kier molecular flexibility index (Phi) is 21.8. The van der Waals surface area contributed by atoms with Crippen LogP contribution in [0.2, 0.25) is 10.0 Å². The van der Waals surface area contributed by atoms with E-state index in [9.17, 15) is 0 Å². The Morgan fingerprint density at radius 1 is 0.633 bits per heavy atom. The summed E-state index contributed by atoms with van der Waals surface area (Å²) in [6.07, 6.45) is 0.855.